The number of amides is 2. The van der Waals surface area contributed by atoms with E-state index in [0.29, 0.717) is 43.8 Å². The van der Waals surface area contributed by atoms with Crippen LogP contribution in [0.25, 0.3) is 11.0 Å². The SMILES string of the molecule is Cc1cc(=O)oc2cc(NC(=O)C3CCN(C(=O)C4CCCO4)CC3)ccc12. The van der Waals surface area contributed by atoms with Crippen molar-refractivity contribution in [3.8, 4) is 0 Å². The highest BCUT2D eigenvalue weighted by atomic mass is 16.5. The molecule has 2 amide bonds. The van der Waals surface area contributed by atoms with E-state index in [4.69, 9.17) is 9.15 Å². The number of likely N-dealkylation sites (tertiary alicyclic amines) is 1. The third kappa shape index (κ3) is 3.80. The second-order valence-corrected chi connectivity index (χ2v) is 7.55. The Bertz CT molecular complexity index is 953. The molecule has 4 rings (SSSR count). The molecule has 2 saturated heterocycles. The van der Waals surface area contributed by atoms with Gasteiger partial charge in [-0.15, -0.1) is 0 Å². The molecule has 1 atom stereocenters. The van der Waals surface area contributed by atoms with Crippen LogP contribution in [0.5, 0.6) is 0 Å². The number of piperidine rings is 1. The number of carbonyl (C=O) groups is 2. The van der Waals surface area contributed by atoms with Crippen molar-refractivity contribution in [2.45, 2.75) is 38.7 Å². The predicted molar refractivity (Wildman–Crippen MR) is 104 cm³/mol. The van der Waals surface area contributed by atoms with Crippen LogP contribution in [0.2, 0.25) is 0 Å². The van der Waals surface area contributed by atoms with Crippen molar-refractivity contribution in [3.63, 3.8) is 0 Å². The van der Waals surface area contributed by atoms with Crippen molar-refractivity contribution in [2.75, 3.05) is 25.0 Å². The van der Waals surface area contributed by atoms with Crippen LogP contribution in [0.1, 0.15) is 31.2 Å². The average Bonchev–Trinajstić information content (AvgIpc) is 3.22. The highest BCUT2D eigenvalue weighted by Crippen LogP contribution is 2.24. The van der Waals surface area contributed by atoms with Gasteiger partial charge in [0.2, 0.25) is 5.91 Å². The highest BCUT2D eigenvalue weighted by molar-refractivity contribution is 5.95. The topological polar surface area (TPSA) is 88.9 Å². The number of rotatable bonds is 3. The molecule has 3 heterocycles. The first-order valence-corrected chi connectivity index (χ1v) is 9.77. The summed E-state index contributed by atoms with van der Waals surface area (Å²) in [6.45, 7) is 3.65. The molecule has 1 N–H and O–H groups in total. The third-order valence-corrected chi connectivity index (χ3v) is 5.60. The Morgan fingerprint density at radius 1 is 1.14 bits per heavy atom. The van der Waals surface area contributed by atoms with Gasteiger partial charge >= 0.3 is 5.63 Å². The van der Waals surface area contributed by atoms with E-state index in [2.05, 4.69) is 5.32 Å². The van der Waals surface area contributed by atoms with E-state index >= 15 is 0 Å². The first-order valence-electron chi connectivity index (χ1n) is 9.77. The van der Waals surface area contributed by atoms with Gasteiger partial charge in [-0.2, -0.15) is 0 Å². The van der Waals surface area contributed by atoms with Gasteiger partial charge in [0.05, 0.1) is 0 Å². The van der Waals surface area contributed by atoms with Gasteiger partial charge in [0, 0.05) is 48.8 Å². The van der Waals surface area contributed by atoms with Crippen molar-refractivity contribution < 1.29 is 18.7 Å². The molecule has 2 aliphatic rings. The van der Waals surface area contributed by atoms with Gasteiger partial charge in [0.15, 0.2) is 0 Å². The quantitative estimate of drug-likeness (QED) is 0.821. The van der Waals surface area contributed by atoms with Crippen LogP contribution >= 0.6 is 0 Å². The Morgan fingerprint density at radius 2 is 1.93 bits per heavy atom. The van der Waals surface area contributed by atoms with Gasteiger partial charge in [-0.25, -0.2) is 4.79 Å². The summed E-state index contributed by atoms with van der Waals surface area (Å²) >= 11 is 0. The molecule has 2 aromatic rings. The highest BCUT2D eigenvalue weighted by Gasteiger charge is 2.32. The molecular weight excluding hydrogens is 360 g/mol. The molecule has 1 unspecified atom stereocenters. The first kappa shape index (κ1) is 18.7. The fraction of sp³-hybridized carbons (Fsp3) is 0.476. The fourth-order valence-corrected chi connectivity index (χ4v) is 3.99. The molecular formula is C21H24N2O5. The number of fused-ring (bicyclic) bond motifs is 1. The van der Waals surface area contributed by atoms with E-state index in [1.165, 1.54) is 6.07 Å². The van der Waals surface area contributed by atoms with Crippen molar-refractivity contribution >= 4 is 28.5 Å². The lowest BCUT2D eigenvalue weighted by atomic mass is 9.95. The molecule has 0 bridgehead atoms. The molecule has 0 radical (unpaired) electrons. The summed E-state index contributed by atoms with van der Waals surface area (Å²) < 4.78 is 10.7. The van der Waals surface area contributed by atoms with Crippen LogP contribution < -0.4 is 10.9 Å². The molecule has 2 fully saturated rings. The molecule has 1 aromatic carbocycles. The summed E-state index contributed by atoms with van der Waals surface area (Å²) in [5, 5.41) is 3.76. The number of hydrogen-bond donors (Lipinski definition) is 1. The molecule has 0 spiro atoms. The van der Waals surface area contributed by atoms with Crippen molar-refractivity contribution in [1.82, 2.24) is 4.90 Å². The van der Waals surface area contributed by atoms with E-state index in [9.17, 15) is 14.4 Å². The van der Waals surface area contributed by atoms with Gasteiger partial charge in [0.25, 0.3) is 5.91 Å². The number of carbonyl (C=O) groups excluding carboxylic acids is 2. The molecule has 1 aromatic heterocycles. The number of nitrogens with one attached hydrogen (secondary N) is 1. The monoisotopic (exact) mass is 384 g/mol. The zero-order valence-electron chi connectivity index (χ0n) is 15.9. The Hall–Kier alpha value is -2.67. The van der Waals surface area contributed by atoms with Crippen molar-refractivity contribution in [3.05, 3.63) is 40.2 Å². The summed E-state index contributed by atoms with van der Waals surface area (Å²) in [5.74, 6) is -0.163. The lowest BCUT2D eigenvalue weighted by Crippen LogP contribution is -2.45. The summed E-state index contributed by atoms with van der Waals surface area (Å²) in [5.41, 5.74) is 1.49. The Morgan fingerprint density at radius 3 is 2.64 bits per heavy atom. The molecule has 148 valence electrons. The lowest BCUT2D eigenvalue weighted by Gasteiger charge is -2.32. The fourth-order valence-electron chi connectivity index (χ4n) is 3.99. The maximum absolute atomic E-state index is 12.6. The van der Waals surface area contributed by atoms with Crippen LogP contribution in [-0.2, 0) is 14.3 Å². The minimum Gasteiger partial charge on any atom is -0.423 e. The normalized spacial score (nSPS) is 20.5. The maximum atomic E-state index is 12.6. The lowest BCUT2D eigenvalue weighted by molar-refractivity contribution is -0.143. The molecule has 0 aliphatic carbocycles. The Kier molecular flexibility index (Phi) is 5.17. The molecule has 0 saturated carbocycles. The number of ether oxygens (including phenoxy) is 1. The standard InChI is InChI=1S/C21H24N2O5/c1-13-11-19(24)28-18-12-15(4-5-16(13)18)22-20(25)14-6-8-23(9-7-14)21(26)17-3-2-10-27-17/h4-5,11-12,14,17H,2-3,6-10H2,1H3,(H,22,25). The van der Waals surface area contributed by atoms with Crippen molar-refractivity contribution in [2.24, 2.45) is 5.92 Å². The summed E-state index contributed by atoms with van der Waals surface area (Å²) in [4.78, 5) is 38.4. The number of hydrogen-bond acceptors (Lipinski definition) is 5. The molecule has 28 heavy (non-hydrogen) atoms. The zero-order chi connectivity index (χ0) is 19.7. The van der Waals surface area contributed by atoms with Gasteiger partial charge in [-0.3, -0.25) is 9.59 Å². The number of aryl methyl sites for hydroxylation is 1. The molecule has 7 heteroatoms. The number of anilines is 1. The van der Waals surface area contributed by atoms with Gasteiger partial charge in [0.1, 0.15) is 11.7 Å². The van der Waals surface area contributed by atoms with Gasteiger partial charge < -0.3 is 19.4 Å². The van der Waals surface area contributed by atoms with Crippen LogP contribution in [0.4, 0.5) is 5.69 Å². The van der Waals surface area contributed by atoms with E-state index in [1.807, 2.05) is 24.0 Å². The van der Waals surface area contributed by atoms with E-state index < -0.39 is 5.63 Å². The first-order chi connectivity index (χ1) is 13.5. The third-order valence-electron chi connectivity index (χ3n) is 5.60. The second-order valence-electron chi connectivity index (χ2n) is 7.55. The Balaban J connectivity index is 1.37. The zero-order valence-corrected chi connectivity index (χ0v) is 15.9. The van der Waals surface area contributed by atoms with Crippen LogP contribution in [0, 0.1) is 12.8 Å². The summed E-state index contributed by atoms with van der Waals surface area (Å²) in [7, 11) is 0. The van der Waals surface area contributed by atoms with E-state index in [-0.39, 0.29) is 23.8 Å². The van der Waals surface area contributed by atoms with Crippen LogP contribution in [-0.4, -0.2) is 42.5 Å². The largest absolute Gasteiger partial charge is 0.423 e. The van der Waals surface area contributed by atoms with Crippen LogP contribution in [0.15, 0.2) is 33.5 Å². The van der Waals surface area contributed by atoms with Crippen molar-refractivity contribution in [1.29, 1.82) is 0 Å². The maximum Gasteiger partial charge on any atom is 0.336 e. The Labute approximate surface area is 162 Å². The summed E-state index contributed by atoms with van der Waals surface area (Å²) in [6.07, 6.45) is 2.68. The van der Waals surface area contributed by atoms with Crippen LogP contribution in [0.3, 0.4) is 0 Å². The minimum atomic E-state index is -0.406. The molecule has 7 nitrogen and oxygen atoms in total. The minimum absolute atomic E-state index is 0.0521. The smallest absolute Gasteiger partial charge is 0.336 e. The van der Waals surface area contributed by atoms with Gasteiger partial charge in [-0.05, 0) is 50.3 Å². The van der Waals surface area contributed by atoms with E-state index in [1.54, 1.807) is 6.07 Å². The molecule has 2 aliphatic heterocycles. The van der Waals surface area contributed by atoms with Gasteiger partial charge in [-0.1, -0.05) is 0 Å². The summed E-state index contributed by atoms with van der Waals surface area (Å²) in [6, 6.07) is 6.78. The number of nitrogens with zero attached hydrogens (tertiary/aromatic N) is 1. The van der Waals surface area contributed by atoms with E-state index in [0.717, 1.165) is 23.8 Å². The average molecular weight is 384 g/mol. The predicted octanol–water partition coefficient (Wildman–Crippen LogP) is 2.46. The second kappa shape index (κ2) is 7.75. The number of benzene rings is 1.